The molecule has 2 rings (SSSR count). The zero-order chi connectivity index (χ0) is 16.3. The molecule has 0 aromatic heterocycles. The van der Waals surface area contributed by atoms with Crippen molar-refractivity contribution >= 4 is 11.9 Å². The first-order valence-electron chi connectivity index (χ1n) is 7.40. The number of benzene rings is 1. The summed E-state index contributed by atoms with van der Waals surface area (Å²) in [6.07, 6.45) is 0.444. The molecular formula is C16H22N2O4. The number of hydrogen-bond donors (Lipinski definition) is 2. The summed E-state index contributed by atoms with van der Waals surface area (Å²) in [6.45, 7) is 5.72. The molecule has 0 radical (unpaired) electrons. The summed E-state index contributed by atoms with van der Waals surface area (Å²) in [5, 5.41) is 11.6. The van der Waals surface area contributed by atoms with Crippen LogP contribution in [0.5, 0.6) is 5.75 Å². The molecular weight excluding hydrogens is 284 g/mol. The van der Waals surface area contributed by atoms with Crippen LogP contribution in [-0.4, -0.2) is 41.2 Å². The Kier molecular flexibility index (Phi) is 4.71. The summed E-state index contributed by atoms with van der Waals surface area (Å²) in [5.41, 5.74) is -0.378. The Morgan fingerprint density at radius 1 is 1.27 bits per heavy atom. The molecule has 0 saturated carbocycles. The molecule has 0 bridgehead atoms. The normalized spacial score (nSPS) is 21.4. The Labute approximate surface area is 130 Å². The number of carbonyl (C=O) groups excluding carboxylic acids is 2. The number of nitrogens with zero attached hydrogens (tertiary/aromatic N) is 1. The van der Waals surface area contributed by atoms with Crippen LogP contribution in [0.1, 0.15) is 32.8 Å². The molecule has 3 amide bonds. The third kappa shape index (κ3) is 3.06. The van der Waals surface area contributed by atoms with E-state index in [9.17, 15) is 9.59 Å². The van der Waals surface area contributed by atoms with Crippen LogP contribution in [0, 0.1) is 0 Å². The lowest BCUT2D eigenvalue weighted by atomic mass is 9.92. The molecule has 1 atom stereocenters. The van der Waals surface area contributed by atoms with Gasteiger partial charge in [-0.1, -0.05) is 12.1 Å². The van der Waals surface area contributed by atoms with Gasteiger partial charge in [-0.15, -0.1) is 0 Å². The number of rotatable bonds is 6. The van der Waals surface area contributed by atoms with Gasteiger partial charge in [0.2, 0.25) is 0 Å². The number of ether oxygens (including phenoxy) is 1. The van der Waals surface area contributed by atoms with E-state index in [2.05, 4.69) is 5.32 Å². The summed E-state index contributed by atoms with van der Waals surface area (Å²) in [7, 11) is 0. The Balaban J connectivity index is 2.20. The number of urea groups is 1. The minimum Gasteiger partial charge on any atom is -0.491 e. The van der Waals surface area contributed by atoms with Gasteiger partial charge in [-0.25, -0.2) is 4.79 Å². The van der Waals surface area contributed by atoms with Crippen molar-refractivity contribution in [1.29, 1.82) is 0 Å². The predicted molar refractivity (Wildman–Crippen MR) is 81.5 cm³/mol. The summed E-state index contributed by atoms with van der Waals surface area (Å²) < 4.78 is 5.58. The number of nitrogens with one attached hydrogen (secondary N) is 1. The molecule has 1 aromatic rings. The number of hydrogen-bond acceptors (Lipinski definition) is 4. The number of amides is 3. The third-order valence-electron chi connectivity index (χ3n) is 3.62. The van der Waals surface area contributed by atoms with E-state index in [4.69, 9.17) is 9.84 Å². The molecule has 1 unspecified atom stereocenters. The SMILES string of the molecule is CC(C)Oc1ccc(C2(C)NC(=O)N(CCCO)C2=O)cc1. The van der Waals surface area contributed by atoms with Gasteiger partial charge in [0.05, 0.1) is 6.10 Å². The summed E-state index contributed by atoms with van der Waals surface area (Å²) >= 11 is 0. The van der Waals surface area contributed by atoms with Gasteiger partial charge in [0.1, 0.15) is 11.3 Å². The van der Waals surface area contributed by atoms with Crippen molar-refractivity contribution in [3.05, 3.63) is 29.8 Å². The maximum Gasteiger partial charge on any atom is 0.325 e. The van der Waals surface area contributed by atoms with Crippen LogP contribution in [0.2, 0.25) is 0 Å². The van der Waals surface area contributed by atoms with Crippen LogP contribution in [0.3, 0.4) is 0 Å². The summed E-state index contributed by atoms with van der Waals surface area (Å²) in [5.74, 6) is 0.416. The lowest BCUT2D eigenvalue weighted by molar-refractivity contribution is -0.131. The number of aliphatic hydroxyl groups excluding tert-OH is 1. The first kappa shape index (κ1) is 16.3. The second kappa shape index (κ2) is 6.36. The predicted octanol–water partition coefficient (Wildman–Crippen LogP) is 1.62. The van der Waals surface area contributed by atoms with Crippen molar-refractivity contribution in [3.8, 4) is 5.75 Å². The lowest BCUT2D eigenvalue weighted by Crippen LogP contribution is -2.41. The van der Waals surface area contributed by atoms with E-state index in [1.54, 1.807) is 31.2 Å². The highest BCUT2D eigenvalue weighted by Gasteiger charge is 2.48. The molecule has 1 saturated heterocycles. The first-order chi connectivity index (χ1) is 10.4. The fraction of sp³-hybridized carbons (Fsp3) is 0.500. The molecule has 1 aliphatic heterocycles. The molecule has 120 valence electrons. The van der Waals surface area contributed by atoms with E-state index in [0.717, 1.165) is 10.6 Å². The average Bonchev–Trinajstić information content (AvgIpc) is 2.68. The fourth-order valence-electron chi connectivity index (χ4n) is 2.46. The highest BCUT2D eigenvalue weighted by atomic mass is 16.5. The minimum absolute atomic E-state index is 0.0605. The molecule has 1 fully saturated rings. The molecule has 2 N–H and O–H groups in total. The first-order valence-corrected chi connectivity index (χ1v) is 7.40. The number of imide groups is 1. The van der Waals surface area contributed by atoms with Gasteiger partial charge in [0.15, 0.2) is 0 Å². The van der Waals surface area contributed by atoms with E-state index < -0.39 is 11.6 Å². The zero-order valence-corrected chi connectivity index (χ0v) is 13.1. The topological polar surface area (TPSA) is 78.9 Å². The number of aliphatic hydroxyl groups is 1. The van der Waals surface area contributed by atoms with E-state index in [0.29, 0.717) is 12.0 Å². The molecule has 0 spiro atoms. The lowest BCUT2D eigenvalue weighted by Gasteiger charge is -2.22. The van der Waals surface area contributed by atoms with Gasteiger partial charge >= 0.3 is 6.03 Å². The van der Waals surface area contributed by atoms with Crippen molar-refractivity contribution in [2.75, 3.05) is 13.2 Å². The van der Waals surface area contributed by atoms with Gasteiger partial charge in [-0.05, 0) is 44.9 Å². The summed E-state index contributed by atoms with van der Waals surface area (Å²) in [4.78, 5) is 25.7. The van der Waals surface area contributed by atoms with E-state index in [1.165, 1.54) is 0 Å². The van der Waals surface area contributed by atoms with E-state index in [1.807, 2.05) is 13.8 Å². The average molecular weight is 306 g/mol. The van der Waals surface area contributed by atoms with Crippen LogP contribution in [0.25, 0.3) is 0 Å². The number of carbonyl (C=O) groups is 2. The molecule has 22 heavy (non-hydrogen) atoms. The standard InChI is InChI=1S/C16H22N2O4/c1-11(2)22-13-7-5-12(6-8-13)16(3)14(20)18(9-4-10-19)15(21)17-16/h5-8,11,19H,4,9-10H2,1-3H3,(H,17,21). The van der Waals surface area contributed by atoms with Crippen molar-refractivity contribution in [2.24, 2.45) is 0 Å². The monoisotopic (exact) mass is 306 g/mol. The van der Waals surface area contributed by atoms with Crippen LogP contribution in [0.15, 0.2) is 24.3 Å². The maximum absolute atomic E-state index is 12.5. The largest absolute Gasteiger partial charge is 0.491 e. The van der Waals surface area contributed by atoms with Gasteiger partial charge in [-0.2, -0.15) is 0 Å². The smallest absolute Gasteiger partial charge is 0.325 e. The van der Waals surface area contributed by atoms with Crippen LogP contribution < -0.4 is 10.1 Å². The zero-order valence-electron chi connectivity index (χ0n) is 13.1. The van der Waals surface area contributed by atoms with E-state index in [-0.39, 0.29) is 25.2 Å². The Morgan fingerprint density at radius 2 is 1.91 bits per heavy atom. The van der Waals surface area contributed by atoms with E-state index >= 15 is 0 Å². The molecule has 0 aliphatic carbocycles. The van der Waals surface area contributed by atoms with Crippen LogP contribution >= 0.6 is 0 Å². The van der Waals surface area contributed by atoms with Crippen LogP contribution in [-0.2, 0) is 10.3 Å². The Hall–Kier alpha value is -2.08. The van der Waals surface area contributed by atoms with Crippen LogP contribution in [0.4, 0.5) is 4.79 Å². The van der Waals surface area contributed by atoms with Crippen molar-refractivity contribution in [1.82, 2.24) is 10.2 Å². The van der Waals surface area contributed by atoms with Gasteiger partial charge in [0.25, 0.3) is 5.91 Å². The van der Waals surface area contributed by atoms with Gasteiger partial charge in [-0.3, -0.25) is 9.69 Å². The van der Waals surface area contributed by atoms with Crippen molar-refractivity contribution in [2.45, 2.75) is 38.8 Å². The minimum atomic E-state index is -1.08. The van der Waals surface area contributed by atoms with Crippen molar-refractivity contribution in [3.63, 3.8) is 0 Å². The van der Waals surface area contributed by atoms with Crippen molar-refractivity contribution < 1.29 is 19.4 Å². The Morgan fingerprint density at radius 3 is 2.45 bits per heavy atom. The third-order valence-corrected chi connectivity index (χ3v) is 3.62. The second-order valence-corrected chi connectivity index (χ2v) is 5.78. The highest BCUT2D eigenvalue weighted by molar-refractivity contribution is 6.07. The molecule has 1 aromatic carbocycles. The molecule has 1 heterocycles. The Bertz CT molecular complexity index is 556. The summed E-state index contributed by atoms with van der Waals surface area (Å²) in [6, 6.07) is 6.72. The van der Waals surface area contributed by atoms with Gasteiger partial charge in [0, 0.05) is 13.2 Å². The maximum atomic E-state index is 12.5. The molecule has 6 nitrogen and oxygen atoms in total. The molecule has 6 heteroatoms. The molecule has 1 aliphatic rings. The highest BCUT2D eigenvalue weighted by Crippen LogP contribution is 2.30. The quantitative estimate of drug-likeness (QED) is 0.783. The van der Waals surface area contributed by atoms with Gasteiger partial charge < -0.3 is 15.2 Å². The fourth-order valence-corrected chi connectivity index (χ4v) is 2.46. The second-order valence-electron chi connectivity index (χ2n) is 5.78.